The second-order valence-electron chi connectivity index (χ2n) is 3.50. The molecule has 0 fully saturated rings. The molecule has 3 N–H and O–H groups in total. The van der Waals surface area contributed by atoms with Crippen LogP contribution in [0.1, 0.15) is 5.56 Å². The van der Waals surface area contributed by atoms with Gasteiger partial charge in [0, 0.05) is 21.7 Å². The highest BCUT2D eigenvalue weighted by atomic mass is 35.5. The summed E-state index contributed by atoms with van der Waals surface area (Å²) < 4.78 is 0. The normalized spacial score (nSPS) is 10.4. The van der Waals surface area contributed by atoms with Crippen LogP contribution in [0, 0.1) is 6.92 Å². The number of benzene rings is 1. The first-order valence-electron chi connectivity index (χ1n) is 5.03. The van der Waals surface area contributed by atoms with E-state index in [1.807, 2.05) is 6.92 Å². The number of aryl methyl sites for hydroxylation is 1. The molecule has 7 heteroatoms. The van der Waals surface area contributed by atoms with E-state index in [1.54, 1.807) is 24.4 Å². The Labute approximate surface area is 119 Å². The van der Waals surface area contributed by atoms with Crippen LogP contribution in [0.5, 0.6) is 0 Å². The SMILES string of the molecule is Cc1cnc(NN)nc1Sc1cc(Cl)ccc1Cl. The van der Waals surface area contributed by atoms with Gasteiger partial charge >= 0.3 is 0 Å². The van der Waals surface area contributed by atoms with E-state index in [0.717, 1.165) is 15.5 Å². The van der Waals surface area contributed by atoms with Gasteiger partial charge in [0.25, 0.3) is 0 Å². The Kier molecular flexibility index (Phi) is 4.29. The van der Waals surface area contributed by atoms with E-state index in [-0.39, 0.29) is 0 Å². The maximum atomic E-state index is 6.11. The zero-order chi connectivity index (χ0) is 13.1. The van der Waals surface area contributed by atoms with E-state index in [2.05, 4.69) is 15.4 Å². The largest absolute Gasteiger partial charge is 0.292 e. The third-order valence-electron chi connectivity index (χ3n) is 2.15. The molecule has 18 heavy (non-hydrogen) atoms. The Bertz CT molecular complexity index is 577. The number of anilines is 1. The van der Waals surface area contributed by atoms with Gasteiger partial charge in [0.1, 0.15) is 5.03 Å². The topological polar surface area (TPSA) is 63.8 Å². The number of nitrogens with two attached hydrogens (primary N) is 1. The molecule has 0 bridgehead atoms. The number of nitrogens with zero attached hydrogens (tertiary/aromatic N) is 2. The molecule has 2 rings (SSSR count). The Balaban J connectivity index is 2.36. The van der Waals surface area contributed by atoms with Crippen molar-refractivity contribution >= 4 is 40.9 Å². The van der Waals surface area contributed by atoms with E-state index in [4.69, 9.17) is 29.0 Å². The lowest BCUT2D eigenvalue weighted by Gasteiger charge is -2.07. The second-order valence-corrected chi connectivity index (χ2v) is 5.38. The van der Waals surface area contributed by atoms with Gasteiger partial charge in [-0.15, -0.1) is 0 Å². The first-order valence-corrected chi connectivity index (χ1v) is 6.60. The van der Waals surface area contributed by atoms with E-state index in [0.29, 0.717) is 16.0 Å². The van der Waals surface area contributed by atoms with Crippen LogP contribution in [0.25, 0.3) is 0 Å². The number of halogens is 2. The first kappa shape index (κ1) is 13.4. The van der Waals surface area contributed by atoms with Crippen molar-refractivity contribution in [2.45, 2.75) is 16.8 Å². The number of rotatable bonds is 3. The molecule has 4 nitrogen and oxygen atoms in total. The Morgan fingerprint density at radius 3 is 2.83 bits per heavy atom. The van der Waals surface area contributed by atoms with Crippen molar-refractivity contribution < 1.29 is 0 Å². The number of nitrogen functional groups attached to an aromatic ring is 1. The smallest absolute Gasteiger partial charge is 0.238 e. The van der Waals surface area contributed by atoms with Crippen LogP contribution in [0.3, 0.4) is 0 Å². The number of nitrogens with one attached hydrogen (secondary N) is 1. The molecule has 0 atom stereocenters. The van der Waals surface area contributed by atoms with Crippen molar-refractivity contribution in [1.82, 2.24) is 9.97 Å². The van der Waals surface area contributed by atoms with Crippen molar-refractivity contribution in [3.05, 3.63) is 40.0 Å². The summed E-state index contributed by atoms with van der Waals surface area (Å²) in [6.07, 6.45) is 1.70. The number of aromatic nitrogens is 2. The average Bonchev–Trinajstić information content (AvgIpc) is 2.36. The van der Waals surface area contributed by atoms with Crippen LogP contribution in [-0.4, -0.2) is 9.97 Å². The lowest BCUT2D eigenvalue weighted by molar-refractivity contribution is 0.992. The first-order chi connectivity index (χ1) is 8.60. The molecule has 0 saturated carbocycles. The Hall–Kier alpha value is -1.01. The molecule has 94 valence electrons. The molecule has 0 saturated heterocycles. The monoisotopic (exact) mass is 300 g/mol. The molecule has 1 aromatic heterocycles. The minimum Gasteiger partial charge on any atom is -0.292 e. The molecule has 1 aromatic carbocycles. The van der Waals surface area contributed by atoms with E-state index < -0.39 is 0 Å². The van der Waals surface area contributed by atoms with Gasteiger partial charge in [-0.05, 0) is 25.1 Å². The molecule has 0 aliphatic carbocycles. The summed E-state index contributed by atoms with van der Waals surface area (Å²) in [5, 5.41) is 2.04. The van der Waals surface area contributed by atoms with Gasteiger partial charge in [0.2, 0.25) is 5.95 Å². The van der Waals surface area contributed by atoms with E-state index in [9.17, 15) is 0 Å². The van der Waals surface area contributed by atoms with Crippen LogP contribution >= 0.6 is 35.0 Å². The predicted octanol–water partition coefficient (Wildman–Crippen LogP) is 3.53. The van der Waals surface area contributed by atoms with Crippen molar-refractivity contribution in [1.29, 1.82) is 0 Å². The third kappa shape index (κ3) is 3.05. The molecular formula is C11H10Cl2N4S. The highest BCUT2D eigenvalue weighted by Gasteiger charge is 2.09. The maximum Gasteiger partial charge on any atom is 0.238 e. The van der Waals surface area contributed by atoms with Crippen LogP contribution in [0.4, 0.5) is 5.95 Å². The molecule has 0 aliphatic heterocycles. The fourth-order valence-electron chi connectivity index (χ4n) is 1.26. The summed E-state index contributed by atoms with van der Waals surface area (Å²) in [6, 6.07) is 5.30. The van der Waals surface area contributed by atoms with Gasteiger partial charge in [0.15, 0.2) is 0 Å². The molecule has 1 heterocycles. The predicted molar refractivity (Wildman–Crippen MR) is 75.2 cm³/mol. The highest BCUT2D eigenvalue weighted by Crippen LogP contribution is 2.35. The van der Waals surface area contributed by atoms with Crippen molar-refractivity contribution in [3.8, 4) is 0 Å². The summed E-state index contributed by atoms with van der Waals surface area (Å²) in [5.41, 5.74) is 3.35. The molecule has 0 aliphatic rings. The van der Waals surface area contributed by atoms with Gasteiger partial charge < -0.3 is 0 Å². The van der Waals surface area contributed by atoms with E-state index in [1.165, 1.54) is 11.8 Å². The molecule has 0 spiro atoms. The number of hydrazine groups is 1. The fraction of sp³-hybridized carbons (Fsp3) is 0.0909. The lowest BCUT2D eigenvalue weighted by Crippen LogP contribution is -2.10. The summed E-state index contributed by atoms with van der Waals surface area (Å²) in [6.45, 7) is 1.92. The van der Waals surface area contributed by atoms with Gasteiger partial charge in [-0.3, -0.25) is 5.43 Å². The van der Waals surface area contributed by atoms with Gasteiger partial charge in [-0.25, -0.2) is 15.8 Å². The molecule has 0 radical (unpaired) electrons. The molecule has 2 aromatic rings. The van der Waals surface area contributed by atoms with Crippen molar-refractivity contribution in [2.75, 3.05) is 5.43 Å². The van der Waals surface area contributed by atoms with Crippen LogP contribution in [-0.2, 0) is 0 Å². The summed E-state index contributed by atoms with van der Waals surface area (Å²) in [7, 11) is 0. The van der Waals surface area contributed by atoms with Gasteiger partial charge in [-0.2, -0.15) is 0 Å². The minimum absolute atomic E-state index is 0.362. The number of hydrogen-bond donors (Lipinski definition) is 2. The minimum atomic E-state index is 0.362. The van der Waals surface area contributed by atoms with Crippen LogP contribution < -0.4 is 11.3 Å². The zero-order valence-corrected chi connectivity index (χ0v) is 11.8. The number of hydrogen-bond acceptors (Lipinski definition) is 5. The highest BCUT2D eigenvalue weighted by molar-refractivity contribution is 7.99. The third-order valence-corrected chi connectivity index (χ3v) is 4.00. The Morgan fingerprint density at radius 2 is 2.11 bits per heavy atom. The van der Waals surface area contributed by atoms with Gasteiger partial charge in [0.05, 0.1) is 5.02 Å². The summed E-state index contributed by atoms with van der Waals surface area (Å²) in [4.78, 5) is 9.13. The molecule has 0 unspecified atom stereocenters. The molecule has 0 amide bonds. The zero-order valence-electron chi connectivity index (χ0n) is 9.45. The average molecular weight is 301 g/mol. The summed E-state index contributed by atoms with van der Waals surface area (Å²) >= 11 is 13.5. The van der Waals surface area contributed by atoms with Crippen molar-refractivity contribution in [3.63, 3.8) is 0 Å². The van der Waals surface area contributed by atoms with Crippen LogP contribution in [0.15, 0.2) is 34.3 Å². The molecular weight excluding hydrogens is 291 g/mol. The summed E-state index contributed by atoms with van der Waals surface area (Å²) in [5.74, 6) is 5.65. The maximum absolute atomic E-state index is 6.11. The van der Waals surface area contributed by atoms with Crippen molar-refractivity contribution in [2.24, 2.45) is 5.84 Å². The van der Waals surface area contributed by atoms with E-state index >= 15 is 0 Å². The lowest BCUT2D eigenvalue weighted by atomic mass is 10.4. The Morgan fingerprint density at radius 1 is 1.33 bits per heavy atom. The standard InChI is InChI=1S/C11H10Cl2N4S/c1-6-5-15-11(17-14)16-10(6)18-9-4-7(12)2-3-8(9)13/h2-5H,14H2,1H3,(H,15,16,17). The van der Waals surface area contributed by atoms with Gasteiger partial charge in [-0.1, -0.05) is 35.0 Å². The second kappa shape index (κ2) is 5.75. The fourth-order valence-corrected chi connectivity index (χ4v) is 2.63. The quantitative estimate of drug-likeness (QED) is 0.516. The van der Waals surface area contributed by atoms with Crippen LogP contribution in [0.2, 0.25) is 10.0 Å².